The van der Waals surface area contributed by atoms with E-state index in [0.717, 1.165) is 5.56 Å². The zero-order valence-electron chi connectivity index (χ0n) is 48.7. The van der Waals surface area contributed by atoms with Crippen molar-refractivity contribution in [2.45, 2.75) is 37.0 Å². The van der Waals surface area contributed by atoms with E-state index < -0.39 is 10.8 Å². The highest BCUT2D eigenvalue weighted by atomic mass is 15.0. The summed E-state index contributed by atoms with van der Waals surface area (Å²) in [7, 11) is 0. The van der Waals surface area contributed by atoms with Crippen LogP contribution >= 0.6 is 0 Å². The Morgan fingerprint density at radius 1 is 0.264 bits per heavy atom. The Morgan fingerprint density at radius 3 is 1.20 bits per heavy atom. The number of hydrogen-bond acceptors (Lipinski definition) is 0. The third-order valence-corrected chi connectivity index (χ3v) is 20.9. The van der Waals surface area contributed by atoms with E-state index >= 15 is 0 Å². The molecule has 0 saturated carbocycles. The SMILES string of the molecule is Cc1ccc2c(c1)C1(c3ccccc3-c3ccccc31)c1cc(-c3ccc4c(c3)C3(c5ccccc5-c5ccccc53)c3cc(-c5ccc(/C=C/c6ccc7c(c6)c6ccccc6n7-c6ccc7c(c6)C(C)(C)c6ccccc6-7)cc5)ccc3-4)ccc1-2. The smallest absolute Gasteiger partial charge is 0.0725 e. The van der Waals surface area contributed by atoms with E-state index in [-0.39, 0.29) is 5.41 Å². The van der Waals surface area contributed by atoms with Crippen LogP contribution in [0.1, 0.15) is 86.2 Å². The molecule has 406 valence electrons. The lowest BCUT2D eigenvalue weighted by Gasteiger charge is -2.31. The summed E-state index contributed by atoms with van der Waals surface area (Å²) < 4.78 is 2.45. The van der Waals surface area contributed by atoms with E-state index in [1.165, 1.54) is 172 Å². The van der Waals surface area contributed by atoms with Crippen LogP contribution in [0.2, 0.25) is 0 Å². The standard InChI is InChI=1S/C86H57N/c1-52-28-40-66-67-42-37-57(49-80(67)85(78(66)46-52)73-23-11-5-17-61(73)62-18-6-12-24-74(62)85)58-38-43-69-68-41-36-56(48-79(68)86(81(69)50-58)75-25-13-7-19-63(75)64-20-8-14-26-76(64)86)55-34-31-53(32-35-55)29-30-54-33-45-83-71(47-54)70-21-9-15-27-82(70)87(83)59-39-44-65-60-16-4-10-22-72(60)84(2,3)77(65)51-59/h4-51H,1-3H3/b30-29+. The first-order valence-corrected chi connectivity index (χ1v) is 30.8. The average molecular weight is 1100 g/mol. The van der Waals surface area contributed by atoms with Crippen LogP contribution < -0.4 is 0 Å². The summed E-state index contributed by atoms with van der Waals surface area (Å²) in [6.45, 7) is 6.96. The van der Waals surface area contributed by atoms with Crippen LogP contribution in [0.5, 0.6) is 0 Å². The van der Waals surface area contributed by atoms with Crippen LogP contribution in [0.15, 0.2) is 279 Å². The summed E-state index contributed by atoms with van der Waals surface area (Å²) in [6.07, 6.45) is 4.53. The highest BCUT2D eigenvalue weighted by Gasteiger charge is 2.54. The van der Waals surface area contributed by atoms with Crippen LogP contribution in [0.4, 0.5) is 0 Å². The number of nitrogens with zero attached hydrogens (tertiary/aromatic N) is 1. The van der Waals surface area contributed by atoms with Gasteiger partial charge >= 0.3 is 0 Å². The van der Waals surface area contributed by atoms with Crippen LogP contribution in [-0.4, -0.2) is 4.57 Å². The summed E-state index contributed by atoms with van der Waals surface area (Å²) in [5.74, 6) is 0. The van der Waals surface area contributed by atoms with Crippen LogP contribution in [0.3, 0.4) is 0 Å². The first-order valence-electron chi connectivity index (χ1n) is 30.8. The lowest BCUT2D eigenvalue weighted by Crippen LogP contribution is -2.26. The molecular weight excluding hydrogens is 1050 g/mol. The lowest BCUT2D eigenvalue weighted by molar-refractivity contribution is 0.660. The van der Waals surface area contributed by atoms with Crippen molar-refractivity contribution >= 4 is 34.0 Å². The molecule has 0 bridgehead atoms. The van der Waals surface area contributed by atoms with Gasteiger partial charge in [-0.3, -0.25) is 0 Å². The van der Waals surface area contributed by atoms with Gasteiger partial charge in [0.15, 0.2) is 0 Å². The molecule has 19 rings (SSSR count). The maximum absolute atomic E-state index is 2.55. The summed E-state index contributed by atoms with van der Waals surface area (Å²) in [4.78, 5) is 0. The van der Waals surface area contributed by atoms with Gasteiger partial charge in [0.1, 0.15) is 0 Å². The maximum atomic E-state index is 2.55. The minimum atomic E-state index is -0.514. The highest BCUT2D eigenvalue weighted by Crippen LogP contribution is 2.66. The van der Waals surface area contributed by atoms with E-state index in [1.54, 1.807) is 0 Å². The zero-order chi connectivity index (χ0) is 57.5. The number of para-hydroxylation sites is 1. The van der Waals surface area contributed by atoms with Gasteiger partial charge in [-0.25, -0.2) is 0 Å². The monoisotopic (exact) mass is 1100 g/mol. The molecule has 2 spiro atoms. The second-order valence-corrected chi connectivity index (χ2v) is 25.5. The predicted molar refractivity (Wildman–Crippen MR) is 362 cm³/mol. The average Bonchev–Trinajstić information content (AvgIpc) is 1.54. The predicted octanol–water partition coefficient (Wildman–Crippen LogP) is 21.6. The summed E-state index contributed by atoms with van der Waals surface area (Å²) in [5.41, 5.74) is 38.0. The van der Waals surface area contributed by atoms with Gasteiger partial charge < -0.3 is 4.57 Å². The first kappa shape index (κ1) is 48.7. The molecule has 13 aromatic carbocycles. The molecule has 5 aliphatic carbocycles. The van der Waals surface area contributed by atoms with Gasteiger partial charge in [0.2, 0.25) is 0 Å². The van der Waals surface area contributed by atoms with Crippen molar-refractivity contribution in [3.63, 3.8) is 0 Å². The molecule has 1 heteroatoms. The van der Waals surface area contributed by atoms with E-state index in [9.17, 15) is 0 Å². The van der Waals surface area contributed by atoms with Crippen molar-refractivity contribution in [1.29, 1.82) is 0 Å². The summed E-state index contributed by atoms with van der Waals surface area (Å²) >= 11 is 0. The number of aryl methyl sites for hydroxylation is 1. The van der Waals surface area contributed by atoms with Gasteiger partial charge in [-0.15, -0.1) is 0 Å². The third-order valence-electron chi connectivity index (χ3n) is 20.9. The molecule has 0 amide bonds. The van der Waals surface area contributed by atoms with Gasteiger partial charge in [-0.1, -0.05) is 262 Å². The number of fused-ring (bicyclic) bond motifs is 26. The Balaban J connectivity index is 0.690. The van der Waals surface area contributed by atoms with Crippen molar-refractivity contribution in [3.05, 3.63) is 351 Å². The molecule has 0 unspecified atom stereocenters. The Labute approximate surface area is 507 Å². The van der Waals surface area contributed by atoms with Crippen molar-refractivity contribution < 1.29 is 0 Å². The van der Waals surface area contributed by atoms with E-state index in [4.69, 9.17) is 0 Å². The maximum Gasteiger partial charge on any atom is 0.0725 e. The van der Waals surface area contributed by atoms with E-state index in [2.05, 4.69) is 317 Å². The fourth-order valence-corrected chi connectivity index (χ4v) is 17.1. The zero-order valence-corrected chi connectivity index (χ0v) is 48.7. The minimum Gasteiger partial charge on any atom is -0.309 e. The van der Waals surface area contributed by atoms with E-state index in [1.807, 2.05) is 0 Å². The second kappa shape index (κ2) is 17.5. The topological polar surface area (TPSA) is 4.93 Å². The van der Waals surface area contributed by atoms with E-state index in [0.29, 0.717) is 0 Å². The molecule has 87 heavy (non-hydrogen) atoms. The quantitative estimate of drug-likeness (QED) is 0.151. The second-order valence-electron chi connectivity index (χ2n) is 25.5. The number of aromatic nitrogens is 1. The summed E-state index contributed by atoms with van der Waals surface area (Å²) in [5, 5.41) is 2.52. The normalized spacial score (nSPS) is 14.8. The number of benzene rings is 13. The van der Waals surface area contributed by atoms with Gasteiger partial charge in [0.25, 0.3) is 0 Å². The fourth-order valence-electron chi connectivity index (χ4n) is 17.1. The van der Waals surface area contributed by atoms with Gasteiger partial charge in [-0.2, -0.15) is 0 Å². The molecule has 0 saturated heterocycles. The Morgan fingerprint density at radius 2 is 0.644 bits per heavy atom. The Hall–Kier alpha value is -10.6. The Bertz CT molecular complexity index is 5290. The Kier molecular flexibility index (Phi) is 9.81. The van der Waals surface area contributed by atoms with Crippen LogP contribution in [0, 0.1) is 6.92 Å². The number of hydrogen-bond donors (Lipinski definition) is 0. The highest BCUT2D eigenvalue weighted by molar-refractivity contribution is 6.10. The minimum absolute atomic E-state index is 0.0727. The van der Waals surface area contributed by atoms with Crippen LogP contribution in [0.25, 0.3) is 118 Å². The first-order chi connectivity index (χ1) is 42.8. The molecule has 14 aromatic rings. The molecule has 1 nitrogen and oxygen atoms in total. The molecule has 1 aromatic heterocycles. The lowest BCUT2D eigenvalue weighted by atomic mass is 9.69. The molecule has 0 fully saturated rings. The van der Waals surface area contributed by atoms with Gasteiger partial charge in [0, 0.05) is 21.9 Å². The van der Waals surface area contributed by atoms with Crippen molar-refractivity contribution in [3.8, 4) is 83.6 Å². The molecule has 0 aliphatic heterocycles. The molecule has 0 radical (unpaired) electrons. The van der Waals surface area contributed by atoms with Crippen LogP contribution in [-0.2, 0) is 16.2 Å². The van der Waals surface area contributed by atoms with Gasteiger partial charge in [-0.05, 0) is 200 Å². The molecule has 1 heterocycles. The van der Waals surface area contributed by atoms with Crippen molar-refractivity contribution in [1.82, 2.24) is 4.57 Å². The fraction of sp³-hybridized carbons (Fsp3) is 0.0698. The molecule has 5 aliphatic rings. The third kappa shape index (κ3) is 6.38. The number of rotatable bonds is 5. The summed E-state index contributed by atoms with van der Waals surface area (Å²) in [6, 6.07) is 107. The van der Waals surface area contributed by atoms with Crippen molar-refractivity contribution in [2.24, 2.45) is 0 Å². The molecular formula is C86H57N. The van der Waals surface area contributed by atoms with Crippen molar-refractivity contribution in [2.75, 3.05) is 0 Å². The molecule has 0 atom stereocenters. The largest absolute Gasteiger partial charge is 0.309 e. The van der Waals surface area contributed by atoms with Gasteiger partial charge in [0.05, 0.1) is 21.9 Å². The molecule has 0 N–H and O–H groups in total.